The van der Waals surface area contributed by atoms with Crippen LogP contribution in [0, 0.1) is 6.92 Å². The molecule has 21 heavy (non-hydrogen) atoms. The Hall–Kier alpha value is -2.53. The van der Waals surface area contributed by atoms with Crippen molar-refractivity contribution >= 4 is 17.3 Å². The molecule has 1 amide bonds. The Morgan fingerprint density at radius 3 is 2.57 bits per heavy atom. The number of phenols is 1. The molecule has 0 atom stereocenters. The van der Waals surface area contributed by atoms with Crippen molar-refractivity contribution in [2.24, 2.45) is 0 Å². The van der Waals surface area contributed by atoms with E-state index in [4.69, 9.17) is 5.73 Å². The molecule has 0 aliphatic rings. The number of phenolic OH excluding ortho intramolecular Hbond substituents is 1. The molecule has 0 bridgehead atoms. The van der Waals surface area contributed by atoms with Gasteiger partial charge in [-0.1, -0.05) is 24.3 Å². The molecule has 0 unspecified atom stereocenters. The molecule has 0 fully saturated rings. The molecule has 5 heteroatoms. The molecule has 2 rings (SSSR count). The number of benzene rings is 2. The number of aliphatic hydroxyl groups excluding tert-OH is 1. The number of aryl methyl sites for hydroxylation is 1. The second-order valence-corrected chi connectivity index (χ2v) is 4.71. The summed E-state index contributed by atoms with van der Waals surface area (Å²) in [5, 5.41) is 19.3. The van der Waals surface area contributed by atoms with Crippen molar-refractivity contribution in [3.8, 4) is 5.75 Å². The second-order valence-electron chi connectivity index (χ2n) is 4.71. The Bertz CT molecular complexity index is 656. The molecule has 5 nitrogen and oxygen atoms in total. The minimum Gasteiger partial charge on any atom is -0.507 e. The van der Waals surface area contributed by atoms with Crippen LogP contribution in [0.5, 0.6) is 5.75 Å². The number of para-hydroxylation sites is 3. The van der Waals surface area contributed by atoms with Gasteiger partial charge in [-0.05, 0) is 30.7 Å². The van der Waals surface area contributed by atoms with E-state index in [0.717, 1.165) is 0 Å². The highest BCUT2D eigenvalue weighted by atomic mass is 16.3. The first-order valence-corrected chi connectivity index (χ1v) is 6.62. The maximum Gasteiger partial charge on any atom is 0.262 e. The van der Waals surface area contributed by atoms with E-state index in [1.165, 1.54) is 4.90 Å². The van der Waals surface area contributed by atoms with E-state index in [2.05, 4.69) is 0 Å². The third-order valence-corrected chi connectivity index (χ3v) is 3.26. The summed E-state index contributed by atoms with van der Waals surface area (Å²) < 4.78 is 0. The molecule has 0 spiro atoms. The number of nitrogen functional groups attached to an aromatic ring is 1. The molecule has 0 aliphatic carbocycles. The van der Waals surface area contributed by atoms with E-state index in [1.54, 1.807) is 49.4 Å². The zero-order valence-corrected chi connectivity index (χ0v) is 11.8. The van der Waals surface area contributed by atoms with Crippen LogP contribution in [0.4, 0.5) is 11.4 Å². The van der Waals surface area contributed by atoms with Crippen LogP contribution in [0.2, 0.25) is 0 Å². The van der Waals surface area contributed by atoms with Gasteiger partial charge < -0.3 is 20.8 Å². The number of carbonyl (C=O) groups excluding carboxylic acids is 1. The highest BCUT2D eigenvalue weighted by Crippen LogP contribution is 2.28. The predicted octanol–water partition coefficient (Wildman–Crippen LogP) is 1.92. The van der Waals surface area contributed by atoms with Crippen LogP contribution < -0.4 is 10.6 Å². The van der Waals surface area contributed by atoms with Gasteiger partial charge in [-0.3, -0.25) is 4.79 Å². The Morgan fingerprint density at radius 1 is 1.19 bits per heavy atom. The summed E-state index contributed by atoms with van der Waals surface area (Å²) >= 11 is 0. The number of anilines is 2. The van der Waals surface area contributed by atoms with E-state index < -0.39 is 5.91 Å². The van der Waals surface area contributed by atoms with Gasteiger partial charge in [0.05, 0.1) is 23.5 Å². The van der Waals surface area contributed by atoms with Gasteiger partial charge in [-0.2, -0.15) is 0 Å². The van der Waals surface area contributed by atoms with Crippen LogP contribution in [0.1, 0.15) is 15.9 Å². The monoisotopic (exact) mass is 286 g/mol. The van der Waals surface area contributed by atoms with E-state index in [9.17, 15) is 15.0 Å². The van der Waals surface area contributed by atoms with Crippen molar-refractivity contribution in [1.82, 2.24) is 0 Å². The molecule has 110 valence electrons. The zero-order chi connectivity index (χ0) is 15.4. The third-order valence-electron chi connectivity index (χ3n) is 3.26. The molecule has 2 aromatic rings. The van der Waals surface area contributed by atoms with Gasteiger partial charge >= 0.3 is 0 Å². The average Bonchev–Trinajstić information content (AvgIpc) is 2.48. The highest BCUT2D eigenvalue weighted by molar-refractivity contribution is 6.09. The van der Waals surface area contributed by atoms with Crippen LogP contribution in [0.25, 0.3) is 0 Å². The van der Waals surface area contributed by atoms with Gasteiger partial charge in [-0.15, -0.1) is 0 Å². The van der Waals surface area contributed by atoms with Gasteiger partial charge in [0.15, 0.2) is 0 Å². The quantitative estimate of drug-likeness (QED) is 0.749. The molecule has 0 aromatic heterocycles. The molecule has 0 radical (unpaired) electrons. The number of hydrogen-bond acceptors (Lipinski definition) is 4. The van der Waals surface area contributed by atoms with Gasteiger partial charge in [0.1, 0.15) is 5.75 Å². The third kappa shape index (κ3) is 2.98. The van der Waals surface area contributed by atoms with E-state index >= 15 is 0 Å². The van der Waals surface area contributed by atoms with Crippen LogP contribution in [-0.2, 0) is 0 Å². The molecule has 0 saturated carbocycles. The number of aliphatic hydroxyl groups is 1. The summed E-state index contributed by atoms with van der Waals surface area (Å²) in [5.74, 6) is -0.455. The molecule has 2 aromatic carbocycles. The standard InChI is InChI=1S/C16H18N2O3/c1-11-5-4-6-12(15(11)20)16(21)18(9-10-19)14-8-3-2-7-13(14)17/h2-8,19-20H,9-10,17H2,1H3. The summed E-state index contributed by atoms with van der Waals surface area (Å²) in [7, 11) is 0. The highest BCUT2D eigenvalue weighted by Gasteiger charge is 2.22. The summed E-state index contributed by atoms with van der Waals surface area (Å²) in [6.45, 7) is 1.62. The van der Waals surface area contributed by atoms with Crippen LogP contribution in [-0.4, -0.2) is 29.3 Å². The summed E-state index contributed by atoms with van der Waals surface area (Å²) in [5.41, 5.74) is 7.65. The Morgan fingerprint density at radius 2 is 1.90 bits per heavy atom. The lowest BCUT2D eigenvalue weighted by molar-refractivity contribution is 0.0978. The second kappa shape index (κ2) is 6.28. The number of hydrogen-bond donors (Lipinski definition) is 3. The maximum atomic E-state index is 12.7. The van der Waals surface area contributed by atoms with Crippen LogP contribution in [0.15, 0.2) is 42.5 Å². The summed E-state index contributed by atoms with van der Waals surface area (Å²) in [4.78, 5) is 14.0. The Balaban J connectivity index is 2.46. The van der Waals surface area contributed by atoms with Crippen molar-refractivity contribution in [3.63, 3.8) is 0 Å². The van der Waals surface area contributed by atoms with Crippen molar-refractivity contribution in [2.45, 2.75) is 6.92 Å². The lowest BCUT2D eigenvalue weighted by Crippen LogP contribution is -2.34. The first kappa shape index (κ1) is 14.9. The number of nitrogens with zero attached hydrogens (tertiary/aromatic N) is 1. The van der Waals surface area contributed by atoms with Crippen molar-refractivity contribution in [2.75, 3.05) is 23.8 Å². The SMILES string of the molecule is Cc1cccc(C(=O)N(CCO)c2ccccc2N)c1O. The maximum absolute atomic E-state index is 12.7. The van der Waals surface area contributed by atoms with E-state index in [1.807, 2.05) is 0 Å². The number of carbonyl (C=O) groups is 1. The fraction of sp³-hybridized carbons (Fsp3) is 0.188. The van der Waals surface area contributed by atoms with Gasteiger partial charge in [0.2, 0.25) is 0 Å². The largest absolute Gasteiger partial charge is 0.507 e. The Kier molecular flexibility index (Phi) is 4.45. The minimum atomic E-state index is -0.400. The van der Waals surface area contributed by atoms with Crippen molar-refractivity contribution in [1.29, 1.82) is 0 Å². The average molecular weight is 286 g/mol. The molecular formula is C16H18N2O3. The van der Waals surface area contributed by atoms with Gasteiger partial charge in [0, 0.05) is 6.54 Å². The smallest absolute Gasteiger partial charge is 0.262 e. The molecular weight excluding hydrogens is 268 g/mol. The van der Waals surface area contributed by atoms with E-state index in [-0.39, 0.29) is 24.5 Å². The minimum absolute atomic E-state index is 0.0556. The normalized spacial score (nSPS) is 10.4. The first-order valence-electron chi connectivity index (χ1n) is 6.62. The number of amides is 1. The fourth-order valence-electron chi connectivity index (χ4n) is 2.14. The molecule has 0 aliphatic heterocycles. The number of aromatic hydroxyl groups is 1. The summed E-state index contributed by atoms with van der Waals surface area (Å²) in [6, 6.07) is 11.9. The fourth-order valence-corrected chi connectivity index (χ4v) is 2.14. The van der Waals surface area contributed by atoms with Crippen LogP contribution >= 0.6 is 0 Å². The lowest BCUT2D eigenvalue weighted by Gasteiger charge is -2.24. The Labute approximate surface area is 123 Å². The van der Waals surface area contributed by atoms with Gasteiger partial charge in [0.25, 0.3) is 5.91 Å². The van der Waals surface area contributed by atoms with Gasteiger partial charge in [-0.25, -0.2) is 0 Å². The topological polar surface area (TPSA) is 86.8 Å². The number of rotatable bonds is 4. The molecule has 0 saturated heterocycles. The van der Waals surface area contributed by atoms with E-state index in [0.29, 0.717) is 16.9 Å². The molecule has 4 N–H and O–H groups in total. The van der Waals surface area contributed by atoms with Crippen molar-refractivity contribution in [3.05, 3.63) is 53.6 Å². The lowest BCUT2D eigenvalue weighted by atomic mass is 10.1. The number of nitrogens with two attached hydrogens (primary N) is 1. The summed E-state index contributed by atoms with van der Waals surface area (Å²) in [6.07, 6.45) is 0. The van der Waals surface area contributed by atoms with Crippen LogP contribution in [0.3, 0.4) is 0 Å². The predicted molar refractivity (Wildman–Crippen MR) is 82.5 cm³/mol. The zero-order valence-electron chi connectivity index (χ0n) is 11.8. The molecule has 0 heterocycles. The first-order chi connectivity index (χ1) is 10.1. The van der Waals surface area contributed by atoms with Crippen molar-refractivity contribution < 1.29 is 15.0 Å².